The average Bonchev–Trinajstić information content (AvgIpc) is 3.08. The van der Waals surface area contributed by atoms with Gasteiger partial charge in [0.1, 0.15) is 4.70 Å². The van der Waals surface area contributed by atoms with Crippen LogP contribution in [0.4, 0.5) is 5.69 Å². The first kappa shape index (κ1) is 18.6. The van der Waals surface area contributed by atoms with Gasteiger partial charge >= 0.3 is 0 Å². The van der Waals surface area contributed by atoms with E-state index < -0.39 is 0 Å². The van der Waals surface area contributed by atoms with Crippen molar-refractivity contribution in [3.05, 3.63) is 51.1 Å². The molecule has 0 saturated heterocycles. The Hall–Kier alpha value is -2.16. The molecule has 0 aliphatic heterocycles. The predicted molar refractivity (Wildman–Crippen MR) is 106 cm³/mol. The maximum absolute atomic E-state index is 12.5. The zero-order valence-electron chi connectivity index (χ0n) is 14.5. The van der Waals surface area contributed by atoms with Gasteiger partial charge in [-0.2, -0.15) is 0 Å². The van der Waals surface area contributed by atoms with E-state index in [1.54, 1.807) is 6.07 Å². The van der Waals surface area contributed by atoms with Gasteiger partial charge in [0, 0.05) is 5.69 Å². The van der Waals surface area contributed by atoms with Crippen LogP contribution in [0.25, 0.3) is 10.2 Å². The maximum atomic E-state index is 12.5. The van der Waals surface area contributed by atoms with Crippen molar-refractivity contribution in [2.24, 2.45) is 0 Å². The molecule has 0 bridgehead atoms. The van der Waals surface area contributed by atoms with Gasteiger partial charge in [-0.3, -0.25) is 14.2 Å². The molecule has 3 rings (SSSR count). The molecule has 6 nitrogen and oxygen atoms in total. The number of rotatable bonds is 6. The number of aromatic nitrogens is 2. The number of thiophene rings is 1. The van der Waals surface area contributed by atoms with Crippen LogP contribution in [0.15, 0.2) is 39.6 Å². The molecule has 3 aromatic rings. The van der Waals surface area contributed by atoms with Crippen molar-refractivity contribution in [3.8, 4) is 0 Å². The number of aliphatic hydroxyl groups excluding tert-OH is 1. The SMILES string of the molecule is Cc1ccc(C)c(NC(=O)CSc2nc3ccsc3c(=O)n2CCO)c1. The molecule has 2 aromatic heterocycles. The van der Waals surface area contributed by atoms with E-state index in [9.17, 15) is 14.7 Å². The summed E-state index contributed by atoms with van der Waals surface area (Å²) in [7, 11) is 0. The van der Waals surface area contributed by atoms with Crippen LogP contribution >= 0.6 is 23.1 Å². The van der Waals surface area contributed by atoms with Crippen LogP contribution < -0.4 is 10.9 Å². The van der Waals surface area contributed by atoms with E-state index in [-0.39, 0.29) is 30.4 Å². The lowest BCUT2D eigenvalue weighted by Crippen LogP contribution is -2.25. The van der Waals surface area contributed by atoms with Gasteiger partial charge in [-0.1, -0.05) is 23.9 Å². The lowest BCUT2D eigenvalue weighted by molar-refractivity contribution is -0.113. The molecule has 0 radical (unpaired) electrons. The second-order valence-electron chi connectivity index (χ2n) is 5.86. The van der Waals surface area contributed by atoms with Crippen LogP contribution in [-0.2, 0) is 11.3 Å². The molecule has 2 heterocycles. The summed E-state index contributed by atoms with van der Waals surface area (Å²) in [5.41, 5.74) is 3.27. The molecule has 0 aliphatic rings. The van der Waals surface area contributed by atoms with Crippen molar-refractivity contribution in [2.45, 2.75) is 25.5 Å². The minimum atomic E-state index is -0.184. The van der Waals surface area contributed by atoms with Crippen molar-refractivity contribution >= 4 is 44.9 Å². The largest absolute Gasteiger partial charge is 0.395 e. The fourth-order valence-electron chi connectivity index (χ4n) is 2.52. The van der Waals surface area contributed by atoms with Crippen molar-refractivity contribution in [2.75, 3.05) is 17.7 Å². The van der Waals surface area contributed by atoms with Crippen LogP contribution in [0.3, 0.4) is 0 Å². The number of carbonyl (C=O) groups is 1. The Morgan fingerprint density at radius 2 is 2.15 bits per heavy atom. The van der Waals surface area contributed by atoms with E-state index >= 15 is 0 Å². The van der Waals surface area contributed by atoms with Gasteiger partial charge in [0.05, 0.1) is 24.4 Å². The summed E-state index contributed by atoms with van der Waals surface area (Å²) in [5, 5.41) is 14.4. The molecule has 2 N–H and O–H groups in total. The zero-order chi connectivity index (χ0) is 18.7. The molecule has 0 spiro atoms. The standard InChI is InChI=1S/C18H19N3O3S2/c1-11-3-4-12(2)14(9-11)19-15(23)10-26-18-20-13-5-8-25-16(13)17(24)21(18)6-7-22/h3-5,8-9,22H,6-7,10H2,1-2H3,(H,19,23). The summed E-state index contributed by atoms with van der Waals surface area (Å²) in [6, 6.07) is 7.66. The Morgan fingerprint density at radius 1 is 1.35 bits per heavy atom. The third-order valence-corrected chi connectivity index (χ3v) is 5.72. The van der Waals surface area contributed by atoms with E-state index in [1.165, 1.54) is 27.7 Å². The number of fused-ring (bicyclic) bond motifs is 1. The summed E-state index contributed by atoms with van der Waals surface area (Å²) in [4.78, 5) is 29.3. The zero-order valence-corrected chi connectivity index (χ0v) is 16.1. The van der Waals surface area contributed by atoms with Gasteiger partial charge in [-0.15, -0.1) is 11.3 Å². The summed E-state index contributed by atoms with van der Waals surface area (Å²) in [6.45, 7) is 3.89. The van der Waals surface area contributed by atoms with Crippen LogP contribution in [0.5, 0.6) is 0 Å². The van der Waals surface area contributed by atoms with Crippen molar-refractivity contribution < 1.29 is 9.90 Å². The van der Waals surface area contributed by atoms with E-state index in [0.717, 1.165) is 16.8 Å². The number of aliphatic hydroxyl groups is 1. The number of hydrogen-bond donors (Lipinski definition) is 2. The van der Waals surface area contributed by atoms with Gasteiger partial charge < -0.3 is 10.4 Å². The topological polar surface area (TPSA) is 84.2 Å². The molecule has 0 aliphatic carbocycles. The number of nitrogens with zero attached hydrogens (tertiary/aromatic N) is 2. The molecule has 26 heavy (non-hydrogen) atoms. The van der Waals surface area contributed by atoms with Gasteiger partial charge in [-0.05, 0) is 42.5 Å². The summed E-state index contributed by atoms with van der Waals surface area (Å²) in [5.74, 6) is -0.0418. The van der Waals surface area contributed by atoms with Crippen LogP contribution in [-0.4, -0.2) is 32.9 Å². The monoisotopic (exact) mass is 389 g/mol. The quantitative estimate of drug-likeness (QED) is 0.500. The summed E-state index contributed by atoms with van der Waals surface area (Å²) in [6.07, 6.45) is 0. The number of hydrogen-bond acceptors (Lipinski definition) is 6. The lowest BCUT2D eigenvalue weighted by Gasteiger charge is -2.12. The van der Waals surface area contributed by atoms with Gasteiger partial charge in [0.25, 0.3) is 5.56 Å². The van der Waals surface area contributed by atoms with E-state index in [2.05, 4.69) is 10.3 Å². The fourth-order valence-corrected chi connectivity index (χ4v) is 4.12. The van der Waals surface area contributed by atoms with Crippen molar-refractivity contribution in [1.82, 2.24) is 9.55 Å². The first-order valence-corrected chi connectivity index (χ1v) is 9.95. The second-order valence-corrected chi connectivity index (χ2v) is 7.72. The number of aryl methyl sites for hydroxylation is 2. The number of nitrogens with one attached hydrogen (secondary N) is 1. The van der Waals surface area contributed by atoms with Crippen molar-refractivity contribution in [1.29, 1.82) is 0 Å². The first-order valence-electron chi connectivity index (χ1n) is 8.08. The highest BCUT2D eigenvalue weighted by atomic mass is 32.2. The Labute approximate surface area is 158 Å². The summed E-state index contributed by atoms with van der Waals surface area (Å²) >= 11 is 2.52. The maximum Gasteiger partial charge on any atom is 0.272 e. The number of anilines is 1. The molecule has 8 heteroatoms. The minimum absolute atomic E-state index is 0.126. The molecular weight excluding hydrogens is 370 g/mol. The van der Waals surface area contributed by atoms with Gasteiger partial charge in [-0.25, -0.2) is 4.98 Å². The van der Waals surface area contributed by atoms with Crippen LogP contribution in [0, 0.1) is 13.8 Å². The number of carbonyl (C=O) groups excluding carboxylic acids is 1. The minimum Gasteiger partial charge on any atom is -0.395 e. The molecule has 1 amide bonds. The Bertz CT molecular complexity index is 1010. The molecule has 0 fully saturated rings. The molecule has 0 unspecified atom stereocenters. The number of benzene rings is 1. The third kappa shape index (κ3) is 3.98. The number of amides is 1. The predicted octanol–water partition coefficient (Wildman–Crippen LogP) is 2.80. The lowest BCUT2D eigenvalue weighted by atomic mass is 10.1. The average molecular weight is 390 g/mol. The molecule has 136 valence electrons. The number of thioether (sulfide) groups is 1. The van der Waals surface area contributed by atoms with Crippen molar-refractivity contribution in [3.63, 3.8) is 0 Å². The van der Waals surface area contributed by atoms with E-state index in [1.807, 2.05) is 37.4 Å². The van der Waals surface area contributed by atoms with Gasteiger partial charge in [0.15, 0.2) is 5.16 Å². The van der Waals surface area contributed by atoms with Crippen LogP contribution in [0.2, 0.25) is 0 Å². The second kappa shape index (κ2) is 8.03. The summed E-state index contributed by atoms with van der Waals surface area (Å²) < 4.78 is 1.98. The van der Waals surface area contributed by atoms with E-state index in [4.69, 9.17) is 0 Å². The molecule has 1 aromatic carbocycles. The third-order valence-electron chi connectivity index (χ3n) is 3.85. The normalized spacial score (nSPS) is 11.0. The fraction of sp³-hybridized carbons (Fsp3) is 0.278. The van der Waals surface area contributed by atoms with E-state index in [0.29, 0.717) is 15.4 Å². The highest BCUT2D eigenvalue weighted by molar-refractivity contribution is 7.99. The Balaban J connectivity index is 1.78. The molecular formula is C18H19N3O3S2. The Kier molecular flexibility index (Phi) is 5.75. The van der Waals surface area contributed by atoms with Crippen LogP contribution in [0.1, 0.15) is 11.1 Å². The highest BCUT2D eigenvalue weighted by Gasteiger charge is 2.14. The highest BCUT2D eigenvalue weighted by Crippen LogP contribution is 2.22. The smallest absolute Gasteiger partial charge is 0.272 e. The molecule has 0 saturated carbocycles. The molecule has 0 atom stereocenters. The Morgan fingerprint density at radius 3 is 2.92 bits per heavy atom. The first-order chi connectivity index (χ1) is 12.5. The van der Waals surface area contributed by atoms with Gasteiger partial charge in [0.2, 0.25) is 5.91 Å².